The summed E-state index contributed by atoms with van der Waals surface area (Å²) in [4.78, 5) is 15.2. The van der Waals surface area contributed by atoms with Crippen molar-refractivity contribution in [2.24, 2.45) is 5.73 Å². The zero-order valence-electron chi connectivity index (χ0n) is 8.60. The predicted octanol–water partition coefficient (Wildman–Crippen LogP) is 0.693. The van der Waals surface area contributed by atoms with Gasteiger partial charge in [0, 0.05) is 12.2 Å². The number of methoxy groups -OCH3 is 1. The number of nitrogens with two attached hydrogens (primary N) is 1. The average molecular weight is 247 g/mol. The molecule has 2 N–H and O–H groups in total. The highest BCUT2D eigenvalue weighted by molar-refractivity contribution is 8.01. The Labute approximate surface area is 96.6 Å². The second-order valence-corrected chi connectivity index (χ2v) is 4.79. The van der Waals surface area contributed by atoms with Crippen molar-refractivity contribution in [3.05, 3.63) is 5.82 Å². The Hall–Kier alpha value is -0.660. The summed E-state index contributed by atoms with van der Waals surface area (Å²) in [6.07, 6.45) is 0.820. The van der Waals surface area contributed by atoms with E-state index in [4.69, 9.17) is 5.73 Å². The number of nitrogens with zero attached hydrogens (tertiary/aromatic N) is 2. The molecule has 0 aliphatic heterocycles. The largest absolute Gasteiger partial charge is 0.468 e. The number of carbonyl (C=O) groups excluding carboxylic acids is 1. The third-order valence-corrected chi connectivity index (χ3v) is 3.65. The van der Waals surface area contributed by atoms with Crippen LogP contribution in [0.3, 0.4) is 0 Å². The van der Waals surface area contributed by atoms with Crippen LogP contribution in [0.4, 0.5) is 0 Å². The van der Waals surface area contributed by atoms with Crippen LogP contribution < -0.4 is 5.73 Å². The number of hydrogen-bond donors (Lipinski definition) is 1. The van der Waals surface area contributed by atoms with E-state index in [1.165, 1.54) is 30.4 Å². The molecule has 1 aromatic rings. The molecule has 0 fully saturated rings. The highest BCUT2D eigenvalue weighted by Gasteiger charge is 2.15. The topological polar surface area (TPSA) is 78.1 Å². The molecule has 1 rings (SSSR count). The monoisotopic (exact) mass is 247 g/mol. The first-order chi connectivity index (χ1) is 7.17. The van der Waals surface area contributed by atoms with E-state index >= 15 is 0 Å². The van der Waals surface area contributed by atoms with Gasteiger partial charge in [0.2, 0.25) is 0 Å². The van der Waals surface area contributed by atoms with E-state index in [2.05, 4.69) is 14.1 Å². The maximum atomic E-state index is 11.0. The molecule has 0 aromatic carbocycles. The molecule has 1 heterocycles. The molecule has 0 aliphatic rings. The van der Waals surface area contributed by atoms with Gasteiger partial charge in [0.1, 0.15) is 11.9 Å². The van der Waals surface area contributed by atoms with Crippen molar-refractivity contribution in [1.29, 1.82) is 0 Å². The second kappa shape index (κ2) is 6.04. The third kappa shape index (κ3) is 3.77. The lowest BCUT2D eigenvalue weighted by Gasteiger charge is -2.06. The van der Waals surface area contributed by atoms with Gasteiger partial charge in [-0.15, -0.1) is 0 Å². The van der Waals surface area contributed by atoms with Gasteiger partial charge in [-0.2, -0.15) is 4.37 Å². The Kier molecular flexibility index (Phi) is 5.00. The van der Waals surface area contributed by atoms with Crippen molar-refractivity contribution in [3.63, 3.8) is 0 Å². The minimum atomic E-state index is -0.603. The molecule has 0 amide bonds. The Bertz CT molecular complexity index is 329. The van der Waals surface area contributed by atoms with Crippen LogP contribution in [0.1, 0.15) is 12.7 Å². The normalized spacial score (nSPS) is 12.5. The molecule has 1 atom stereocenters. The van der Waals surface area contributed by atoms with Gasteiger partial charge < -0.3 is 10.5 Å². The van der Waals surface area contributed by atoms with Crippen molar-refractivity contribution in [3.8, 4) is 0 Å². The molecule has 0 spiro atoms. The maximum absolute atomic E-state index is 11.0. The molecule has 15 heavy (non-hydrogen) atoms. The van der Waals surface area contributed by atoms with E-state index in [9.17, 15) is 4.79 Å². The van der Waals surface area contributed by atoms with E-state index in [-0.39, 0.29) is 0 Å². The summed E-state index contributed by atoms with van der Waals surface area (Å²) in [5.41, 5.74) is 5.58. The molecule has 0 saturated heterocycles. The first-order valence-corrected chi connectivity index (χ1v) is 6.22. The second-order valence-electron chi connectivity index (χ2n) is 2.77. The fraction of sp³-hybridized carbons (Fsp3) is 0.625. The van der Waals surface area contributed by atoms with Crippen molar-refractivity contribution in [2.45, 2.75) is 23.7 Å². The van der Waals surface area contributed by atoms with Crippen LogP contribution in [0.25, 0.3) is 0 Å². The molecule has 0 aliphatic carbocycles. The Morgan fingerprint density at radius 2 is 2.47 bits per heavy atom. The standard InChI is InChI=1S/C8H13N3O2S2/c1-3-6-10-8(15-11-6)14-4-5(9)7(12)13-2/h5H,3-4,9H2,1-2H3. The highest BCUT2D eigenvalue weighted by atomic mass is 32.2. The zero-order chi connectivity index (χ0) is 11.3. The number of rotatable bonds is 5. The molecule has 0 saturated carbocycles. The minimum Gasteiger partial charge on any atom is -0.468 e. The lowest BCUT2D eigenvalue weighted by atomic mass is 10.4. The van der Waals surface area contributed by atoms with Crippen LogP contribution in [0.2, 0.25) is 0 Å². The summed E-state index contributed by atoms with van der Waals surface area (Å²) in [5.74, 6) is 0.891. The van der Waals surface area contributed by atoms with E-state index < -0.39 is 12.0 Å². The van der Waals surface area contributed by atoms with Crippen molar-refractivity contribution < 1.29 is 9.53 Å². The smallest absolute Gasteiger partial charge is 0.323 e. The molecule has 5 nitrogen and oxygen atoms in total. The lowest BCUT2D eigenvalue weighted by molar-refractivity contribution is -0.141. The summed E-state index contributed by atoms with van der Waals surface area (Å²) >= 11 is 2.76. The fourth-order valence-electron chi connectivity index (χ4n) is 0.821. The van der Waals surface area contributed by atoms with Crippen molar-refractivity contribution in [1.82, 2.24) is 9.36 Å². The van der Waals surface area contributed by atoms with E-state index in [0.717, 1.165) is 16.6 Å². The summed E-state index contributed by atoms with van der Waals surface area (Å²) in [5, 5.41) is 0. The molecule has 0 bridgehead atoms. The third-order valence-electron chi connectivity index (χ3n) is 1.66. The SMILES string of the molecule is CCc1nsc(SCC(N)C(=O)OC)n1. The van der Waals surface area contributed by atoms with Crippen LogP contribution in [-0.2, 0) is 16.0 Å². The van der Waals surface area contributed by atoms with Gasteiger partial charge >= 0.3 is 5.97 Å². The van der Waals surface area contributed by atoms with Gasteiger partial charge in [-0.1, -0.05) is 18.7 Å². The van der Waals surface area contributed by atoms with Gasteiger partial charge in [-0.25, -0.2) is 4.98 Å². The predicted molar refractivity (Wildman–Crippen MR) is 60.0 cm³/mol. The van der Waals surface area contributed by atoms with Gasteiger partial charge in [-0.05, 0) is 11.5 Å². The number of thioether (sulfide) groups is 1. The van der Waals surface area contributed by atoms with E-state index in [1.807, 2.05) is 6.92 Å². The van der Waals surface area contributed by atoms with Crippen LogP contribution in [0, 0.1) is 0 Å². The Balaban J connectivity index is 2.39. The maximum Gasteiger partial charge on any atom is 0.323 e. The average Bonchev–Trinajstić information content (AvgIpc) is 2.72. The van der Waals surface area contributed by atoms with E-state index in [0.29, 0.717) is 5.75 Å². The zero-order valence-corrected chi connectivity index (χ0v) is 10.2. The van der Waals surface area contributed by atoms with Gasteiger partial charge in [-0.3, -0.25) is 4.79 Å². The molecule has 1 unspecified atom stereocenters. The van der Waals surface area contributed by atoms with Crippen molar-refractivity contribution in [2.75, 3.05) is 12.9 Å². The molecular formula is C8H13N3O2S2. The molecule has 84 valence electrons. The lowest BCUT2D eigenvalue weighted by Crippen LogP contribution is -2.33. The molecule has 7 heteroatoms. The fourth-order valence-corrected chi connectivity index (χ4v) is 2.48. The van der Waals surface area contributed by atoms with Gasteiger partial charge in [0.05, 0.1) is 7.11 Å². The van der Waals surface area contributed by atoms with Gasteiger partial charge in [0.25, 0.3) is 0 Å². The number of esters is 1. The van der Waals surface area contributed by atoms with Gasteiger partial charge in [0.15, 0.2) is 4.34 Å². The summed E-state index contributed by atoms with van der Waals surface area (Å²) in [6.45, 7) is 2.00. The quantitative estimate of drug-likeness (QED) is 0.609. The number of aromatic nitrogens is 2. The summed E-state index contributed by atoms with van der Waals surface area (Å²) in [7, 11) is 1.33. The van der Waals surface area contributed by atoms with Crippen LogP contribution >= 0.6 is 23.3 Å². The summed E-state index contributed by atoms with van der Waals surface area (Å²) in [6, 6.07) is -0.603. The Morgan fingerprint density at radius 1 is 1.73 bits per heavy atom. The first kappa shape index (κ1) is 12.4. The van der Waals surface area contributed by atoms with Crippen molar-refractivity contribution >= 4 is 29.3 Å². The van der Waals surface area contributed by atoms with Crippen LogP contribution in [-0.4, -0.2) is 34.2 Å². The van der Waals surface area contributed by atoms with E-state index in [1.54, 1.807) is 0 Å². The number of ether oxygens (including phenoxy) is 1. The number of carbonyl (C=O) groups is 1. The molecule has 0 radical (unpaired) electrons. The van der Waals surface area contributed by atoms with Crippen LogP contribution in [0.15, 0.2) is 4.34 Å². The highest BCUT2D eigenvalue weighted by Crippen LogP contribution is 2.20. The Morgan fingerprint density at radius 3 is 3.00 bits per heavy atom. The number of hydrogen-bond acceptors (Lipinski definition) is 7. The number of aryl methyl sites for hydroxylation is 1. The molecular weight excluding hydrogens is 234 g/mol. The summed E-state index contributed by atoms with van der Waals surface area (Å²) < 4.78 is 9.49. The van der Waals surface area contributed by atoms with Crippen LogP contribution in [0.5, 0.6) is 0 Å². The molecule has 1 aromatic heterocycles. The minimum absolute atomic E-state index is 0.400. The first-order valence-electron chi connectivity index (χ1n) is 4.46.